The van der Waals surface area contributed by atoms with Crippen LogP contribution in [0.5, 0.6) is 0 Å². The average Bonchev–Trinajstić information content (AvgIpc) is 2.40. The van der Waals surface area contributed by atoms with E-state index in [1.807, 2.05) is 0 Å². The molecule has 0 aliphatic carbocycles. The van der Waals surface area contributed by atoms with Crippen molar-refractivity contribution in [3.8, 4) is 0 Å². The molecule has 0 saturated carbocycles. The summed E-state index contributed by atoms with van der Waals surface area (Å²) in [6, 6.07) is 2.43. The van der Waals surface area contributed by atoms with E-state index in [1.165, 1.54) is 0 Å². The molecule has 1 aliphatic rings. The van der Waals surface area contributed by atoms with Gasteiger partial charge in [-0.05, 0) is 19.3 Å². The number of nitrogens with zero attached hydrogens (tertiary/aromatic N) is 4. The number of nitrogens with two attached hydrogens (primary N) is 1. The highest BCUT2D eigenvalue weighted by Crippen LogP contribution is 2.20. The molecule has 0 aromatic carbocycles. The summed E-state index contributed by atoms with van der Waals surface area (Å²) in [5.74, 6) is 2.02. The fraction of sp³-hybridized carbons (Fsp3) is 0.692. The second-order valence-corrected chi connectivity index (χ2v) is 4.98. The molecule has 0 unspecified atom stereocenters. The molecule has 0 radical (unpaired) electrons. The van der Waals surface area contributed by atoms with Gasteiger partial charge >= 0.3 is 0 Å². The second-order valence-electron chi connectivity index (χ2n) is 4.98. The molecule has 1 aromatic rings. The SMILES string of the molecule is CCCN(C)c1cc(N2CCC(N)CC2)ncn1. The van der Waals surface area contributed by atoms with Gasteiger partial charge in [-0.3, -0.25) is 0 Å². The highest BCUT2D eigenvalue weighted by molar-refractivity contribution is 5.49. The van der Waals surface area contributed by atoms with Crippen LogP contribution in [0.15, 0.2) is 12.4 Å². The Hall–Kier alpha value is -1.36. The van der Waals surface area contributed by atoms with E-state index in [0.717, 1.165) is 50.5 Å². The molecule has 0 amide bonds. The minimum absolute atomic E-state index is 0.352. The first kappa shape index (κ1) is 13.1. The number of hydrogen-bond donors (Lipinski definition) is 1. The first-order chi connectivity index (χ1) is 8.70. The van der Waals surface area contributed by atoms with Crippen molar-refractivity contribution < 1.29 is 0 Å². The first-order valence-corrected chi connectivity index (χ1v) is 6.74. The molecule has 18 heavy (non-hydrogen) atoms. The van der Waals surface area contributed by atoms with Gasteiger partial charge in [-0.2, -0.15) is 0 Å². The largest absolute Gasteiger partial charge is 0.360 e. The summed E-state index contributed by atoms with van der Waals surface area (Å²) in [6.07, 6.45) is 4.87. The minimum atomic E-state index is 0.352. The lowest BCUT2D eigenvalue weighted by Gasteiger charge is -2.31. The van der Waals surface area contributed by atoms with Crippen molar-refractivity contribution in [3.05, 3.63) is 12.4 Å². The van der Waals surface area contributed by atoms with Crippen molar-refractivity contribution in [1.82, 2.24) is 9.97 Å². The van der Waals surface area contributed by atoms with E-state index in [1.54, 1.807) is 6.33 Å². The molecule has 0 spiro atoms. The predicted octanol–water partition coefficient (Wildman–Crippen LogP) is 1.25. The maximum atomic E-state index is 5.93. The Labute approximate surface area is 109 Å². The van der Waals surface area contributed by atoms with Gasteiger partial charge in [0.15, 0.2) is 0 Å². The van der Waals surface area contributed by atoms with Crippen LogP contribution in [0.3, 0.4) is 0 Å². The molecular formula is C13H23N5. The summed E-state index contributed by atoms with van der Waals surface area (Å²) in [4.78, 5) is 13.2. The van der Waals surface area contributed by atoms with E-state index in [0.29, 0.717) is 6.04 Å². The fourth-order valence-corrected chi connectivity index (χ4v) is 2.30. The van der Waals surface area contributed by atoms with E-state index in [-0.39, 0.29) is 0 Å². The van der Waals surface area contributed by atoms with E-state index >= 15 is 0 Å². The molecule has 0 atom stereocenters. The maximum Gasteiger partial charge on any atom is 0.134 e. The number of rotatable bonds is 4. The van der Waals surface area contributed by atoms with Gasteiger partial charge in [0, 0.05) is 38.8 Å². The lowest BCUT2D eigenvalue weighted by molar-refractivity contribution is 0.498. The molecule has 2 N–H and O–H groups in total. The predicted molar refractivity (Wildman–Crippen MR) is 75.0 cm³/mol. The Balaban J connectivity index is 2.07. The van der Waals surface area contributed by atoms with E-state index in [2.05, 4.69) is 39.8 Å². The third-order valence-corrected chi connectivity index (χ3v) is 3.45. The zero-order valence-corrected chi connectivity index (χ0v) is 11.3. The van der Waals surface area contributed by atoms with Gasteiger partial charge in [-0.15, -0.1) is 0 Å². The van der Waals surface area contributed by atoms with Crippen LogP contribution in [-0.2, 0) is 0 Å². The quantitative estimate of drug-likeness (QED) is 0.870. The van der Waals surface area contributed by atoms with Crippen LogP contribution in [0.2, 0.25) is 0 Å². The Morgan fingerprint density at radius 2 is 2.11 bits per heavy atom. The molecule has 1 saturated heterocycles. The molecule has 1 fully saturated rings. The van der Waals surface area contributed by atoms with E-state index < -0.39 is 0 Å². The van der Waals surface area contributed by atoms with E-state index in [9.17, 15) is 0 Å². The second kappa shape index (κ2) is 6.00. The van der Waals surface area contributed by atoms with Crippen molar-refractivity contribution in [3.63, 3.8) is 0 Å². The average molecular weight is 249 g/mol. The number of hydrogen-bond acceptors (Lipinski definition) is 5. The Bertz CT molecular complexity index is 373. The topological polar surface area (TPSA) is 58.3 Å². The molecule has 1 aliphatic heterocycles. The number of anilines is 2. The molecular weight excluding hydrogens is 226 g/mol. The summed E-state index contributed by atoms with van der Waals surface area (Å²) in [7, 11) is 2.07. The Kier molecular flexibility index (Phi) is 4.36. The smallest absolute Gasteiger partial charge is 0.134 e. The van der Waals surface area contributed by atoms with Gasteiger partial charge < -0.3 is 15.5 Å². The van der Waals surface area contributed by atoms with Crippen LogP contribution in [0, 0.1) is 0 Å². The highest BCUT2D eigenvalue weighted by Gasteiger charge is 2.17. The third kappa shape index (κ3) is 3.10. The van der Waals surface area contributed by atoms with Crippen LogP contribution in [0.25, 0.3) is 0 Å². The number of piperidine rings is 1. The highest BCUT2D eigenvalue weighted by atomic mass is 15.2. The van der Waals surface area contributed by atoms with Crippen molar-refractivity contribution in [1.29, 1.82) is 0 Å². The van der Waals surface area contributed by atoms with E-state index in [4.69, 9.17) is 5.73 Å². The summed E-state index contributed by atoms with van der Waals surface area (Å²) in [6.45, 7) is 5.18. The minimum Gasteiger partial charge on any atom is -0.360 e. The van der Waals surface area contributed by atoms with Crippen molar-refractivity contribution in [2.75, 3.05) is 36.5 Å². The Morgan fingerprint density at radius 3 is 2.78 bits per heavy atom. The van der Waals surface area contributed by atoms with Crippen LogP contribution >= 0.6 is 0 Å². The summed E-state index contributed by atoms with van der Waals surface area (Å²) >= 11 is 0. The van der Waals surface area contributed by atoms with Crippen molar-refractivity contribution >= 4 is 11.6 Å². The zero-order valence-electron chi connectivity index (χ0n) is 11.3. The number of aromatic nitrogens is 2. The third-order valence-electron chi connectivity index (χ3n) is 3.45. The summed E-state index contributed by atoms with van der Waals surface area (Å²) in [5, 5.41) is 0. The first-order valence-electron chi connectivity index (χ1n) is 6.74. The normalized spacial score (nSPS) is 16.9. The lowest BCUT2D eigenvalue weighted by Crippen LogP contribution is -2.40. The standard InChI is InChI=1S/C13H23N5/c1-3-6-17(2)12-9-13(16-10-15-12)18-7-4-11(14)5-8-18/h9-11H,3-8,14H2,1-2H3. The summed E-state index contributed by atoms with van der Waals surface area (Å²) < 4.78 is 0. The van der Waals surface area contributed by atoms with Crippen molar-refractivity contribution in [2.45, 2.75) is 32.2 Å². The van der Waals surface area contributed by atoms with Crippen LogP contribution in [-0.4, -0.2) is 42.7 Å². The van der Waals surface area contributed by atoms with Gasteiger partial charge in [0.2, 0.25) is 0 Å². The molecule has 1 aromatic heterocycles. The Morgan fingerprint density at radius 1 is 1.39 bits per heavy atom. The van der Waals surface area contributed by atoms with Gasteiger partial charge in [0.25, 0.3) is 0 Å². The van der Waals surface area contributed by atoms with Crippen molar-refractivity contribution in [2.24, 2.45) is 5.73 Å². The van der Waals surface area contributed by atoms with Crippen LogP contribution in [0.1, 0.15) is 26.2 Å². The van der Waals surface area contributed by atoms with Crippen LogP contribution < -0.4 is 15.5 Å². The zero-order chi connectivity index (χ0) is 13.0. The van der Waals surface area contributed by atoms with Gasteiger partial charge in [0.1, 0.15) is 18.0 Å². The molecule has 2 heterocycles. The monoisotopic (exact) mass is 249 g/mol. The molecule has 2 rings (SSSR count). The van der Waals surface area contributed by atoms with Gasteiger partial charge in [-0.25, -0.2) is 9.97 Å². The molecule has 5 nitrogen and oxygen atoms in total. The fourth-order valence-electron chi connectivity index (χ4n) is 2.30. The molecule has 0 bridgehead atoms. The molecule has 5 heteroatoms. The van der Waals surface area contributed by atoms with Gasteiger partial charge in [-0.1, -0.05) is 6.92 Å². The summed E-state index contributed by atoms with van der Waals surface area (Å²) in [5.41, 5.74) is 5.93. The lowest BCUT2D eigenvalue weighted by atomic mass is 10.1. The maximum absolute atomic E-state index is 5.93. The van der Waals surface area contributed by atoms with Crippen LogP contribution in [0.4, 0.5) is 11.6 Å². The molecule has 100 valence electrons. The van der Waals surface area contributed by atoms with Gasteiger partial charge in [0.05, 0.1) is 0 Å².